The molecule has 0 amide bonds. The zero-order valence-corrected chi connectivity index (χ0v) is 12.3. The van der Waals surface area contributed by atoms with E-state index < -0.39 is 0 Å². The van der Waals surface area contributed by atoms with E-state index in [1.807, 2.05) is 0 Å². The maximum atomic E-state index is 3.59. The van der Waals surface area contributed by atoms with Gasteiger partial charge in [0, 0.05) is 37.1 Å². The highest BCUT2D eigenvalue weighted by Gasteiger charge is 2.16. The van der Waals surface area contributed by atoms with Crippen molar-refractivity contribution < 1.29 is 0 Å². The third-order valence-corrected chi connectivity index (χ3v) is 4.24. The van der Waals surface area contributed by atoms with E-state index >= 15 is 0 Å². The molecule has 0 saturated carbocycles. The number of hydrogen-bond donors (Lipinski definition) is 1. The number of nitrogens with one attached hydrogen (secondary N) is 1. The van der Waals surface area contributed by atoms with E-state index in [-0.39, 0.29) is 0 Å². The van der Waals surface area contributed by atoms with E-state index in [2.05, 4.69) is 59.8 Å². The molecule has 1 aromatic rings. The Morgan fingerprint density at radius 3 is 2.28 bits per heavy atom. The predicted molar refractivity (Wildman–Crippen MR) is 78.8 cm³/mol. The van der Waals surface area contributed by atoms with Crippen molar-refractivity contribution in [2.24, 2.45) is 0 Å². The third kappa shape index (κ3) is 3.72. The monoisotopic (exact) mass is 265 g/mol. The lowest BCUT2D eigenvalue weighted by molar-refractivity contribution is 0.0899. The van der Waals surface area contributed by atoms with E-state index in [0.29, 0.717) is 6.04 Å². The summed E-state index contributed by atoms with van der Waals surface area (Å²) in [6, 6.07) is 9.22. The van der Waals surface area contributed by atoms with Gasteiger partial charge in [-0.15, -0.1) is 11.8 Å². The fourth-order valence-electron chi connectivity index (χ4n) is 2.18. The van der Waals surface area contributed by atoms with Crippen LogP contribution in [0.1, 0.15) is 18.5 Å². The van der Waals surface area contributed by atoms with Gasteiger partial charge < -0.3 is 4.90 Å². The van der Waals surface area contributed by atoms with Gasteiger partial charge >= 0.3 is 0 Å². The average molecular weight is 265 g/mol. The van der Waals surface area contributed by atoms with Crippen molar-refractivity contribution in [2.75, 3.05) is 39.5 Å². The second kappa shape index (κ2) is 6.57. The van der Waals surface area contributed by atoms with Crippen molar-refractivity contribution in [3.8, 4) is 0 Å². The zero-order valence-electron chi connectivity index (χ0n) is 11.5. The Labute approximate surface area is 115 Å². The highest BCUT2D eigenvalue weighted by molar-refractivity contribution is 7.98. The van der Waals surface area contributed by atoms with E-state index in [1.165, 1.54) is 10.5 Å². The number of piperazine rings is 1. The largest absolute Gasteiger partial charge is 0.304 e. The number of likely N-dealkylation sites (N-methyl/N-ethyl adjacent to an activating group) is 1. The van der Waals surface area contributed by atoms with Crippen LogP contribution in [0.15, 0.2) is 29.2 Å². The standard InChI is InChI=1S/C14H23N3S/c1-12(13-4-6-14(18-3)7-5-13)15-17-10-8-16(2)9-11-17/h4-7,12,15H,8-11H2,1-3H3. The molecule has 0 aromatic heterocycles. The highest BCUT2D eigenvalue weighted by atomic mass is 32.2. The van der Waals surface area contributed by atoms with E-state index in [1.54, 1.807) is 11.8 Å². The first-order valence-electron chi connectivity index (χ1n) is 6.52. The molecule has 1 heterocycles. The zero-order chi connectivity index (χ0) is 13.0. The number of hydrazine groups is 1. The second-order valence-electron chi connectivity index (χ2n) is 4.91. The Morgan fingerprint density at radius 1 is 1.11 bits per heavy atom. The highest BCUT2D eigenvalue weighted by Crippen LogP contribution is 2.19. The lowest BCUT2D eigenvalue weighted by Crippen LogP contribution is -2.51. The van der Waals surface area contributed by atoms with Gasteiger partial charge in [-0.2, -0.15) is 0 Å². The molecule has 1 aliphatic heterocycles. The normalized spacial score (nSPS) is 19.9. The number of hydrogen-bond acceptors (Lipinski definition) is 4. The van der Waals surface area contributed by atoms with Crippen molar-refractivity contribution >= 4 is 11.8 Å². The quantitative estimate of drug-likeness (QED) is 0.841. The average Bonchev–Trinajstić information content (AvgIpc) is 2.41. The van der Waals surface area contributed by atoms with Crippen molar-refractivity contribution in [1.82, 2.24) is 15.3 Å². The van der Waals surface area contributed by atoms with Crippen LogP contribution in [0.25, 0.3) is 0 Å². The van der Waals surface area contributed by atoms with E-state index in [4.69, 9.17) is 0 Å². The topological polar surface area (TPSA) is 18.5 Å². The van der Waals surface area contributed by atoms with Gasteiger partial charge in [0.05, 0.1) is 0 Å². The SMILES string of the molecule is CSc1ccc(C(C)NN2CCN(C)CC2)cc1. The summed E-state index contributed by atoms with van der Waals surface area (Å²) in [7, 11) is 2.18. The predicted octanol–water partition coefficient (Wildman–Crippen LogP) is 2.22. The van der Waals surface area contributed by atoms with Crippen molar-refractivity contribution in [3.05, 3.63) is 29.8 Å². The molecular formula is C14H23N3S. The summed E-state index contributed by atoms with van der Waals surface area (Å²) in [4.78, 5) is 3.70. The van der Waals surface area contributed by atoms with Crippen LogP contribution in [0, 0.1) is 0 Å². The van der Waals surface area contributed by atoms with Crippen LogP contribution in [0.4, 0.5) is 0 Å². The van der Waals surface area contributed by atoms with Gasteiger partial charge in [-0.3, -0.25) is 0 Å². The molecule has 1 aromatic carbocycles. The van der Waals surface area contributed by atoms with Crippen LogP contribution in [0.2, 0.25) is 0 Å². The van der Waals surface area contributed by atoms with Gasteiger partial charge in [-0.1, -0.05) is 12.1 Å². The van der Waals surface area contributed by atoms with Gasteiger partial charge in [0.1, 0.15) is 0 Å². The van der Waals surface area contributed by atoms with Crippen LogP contribution in [0.3, 0.4) is 0 Å². The summed E-state index contributed by atoms with van der Waals surface area (Å²) in [6.07, 6.45) is 2.11. The van der Waals surface area contributed by atoms with Crippen LogP contribution < -0.4 is 5.43 Å². The summed E-state index contributed by atoms with van der Waals surface area (Å²) in [5, 5.41) is 2.34. The maximum Gasteiger partial charge on any atom is 0.0436 e. The summed E-state index contributed by atoms with van der Waals surface area (Å²) in [5.41, 5.74) is 4.95. The Morgan fingerprint density at radius 2 is 1.72 bits per heavy atom. The smallest absolute Gasteiger partial charge is 0.0436 e. The van der Waals surface area contributed by atoms with Crippen LogP contribution >= 0.6 is 11.8 Å². The number of nitrogens with zero attached hydrogens (tertiary/aromatic N) is 2. The van der Waals surface area contributed by atoms with Crippen LogP contribution in [-0.4, -0.2) is 49.4 Å². The van der Waals surface area contributed by atoms with E-state index in [0.717, 1.165) is 26.2 Å². The van der Waals surface area contributed by atoms with Gasteiger partial charge in [0.15, 0.2) is 0 Å². The maximum absolute atomic E-state index is 3.59. The first-order chi connectivity index (χ1) is 8.69. The first-order valence-corrected chi connectivity index (χ1v) is 7.75. The fourth-order valence-corrected chi connectivity index (χ4v) is 2.58. The van der Waals surface area contributed by atoms with Gasteiger partial charge in [-0.25, -0.2) is 10.4 Å². The molecule has 100 valence electrons. The Hall–Kier alpha value is -0.550. The number of thioether (sulfide) groups is 1. The molecule has 4 heteroatoms. The Balaban J connectivity index is 1.88. The molecule has 1 saturated heterocycles. The minimum atomic E-state index is 0.379. The van der Waals surface area contributed by atoms with E-state index in [9.17, 15) is 0 Å². The number of rotatable bonds is 4. The van der Waals surface area contributed by atoms with Gasteiger partial charge in [-0.05, 0) is 37.9 Å². The number of benzene rings is 1. The molecule has 1 unspecified atom stereocenters. The molecule has 1 N–H and O–H groups in total. The first kappa shape index (κ1) is 13.9. The molecule has 0 bridgehead atoms. The minimum absolute atomic E-state index is 0.379. The molecule has 18 heavy (non-hydrogen) atoms. The molecule has 3 nitrogen and oxygen atoms in total. The fraction of sp³-hybridized carbons (Fsp3) is 0.571. The summed E-state index contributed by atoms with van der Waals surface area (Å²) in [5.74, 6) is 0. The van der Waals surface area contributed by atoms with Crippen molar-refractivity contribution in [1.29, 1.82) is 0 Å². The molecular weight excluding hydrogens is 242 g/mol. The van der Waals surface area contributed by atoms with Gasteiger partial charge in [0.2, 0.25) is 0 Å². The molecule has 1 aliphatic rings. The summed E-state index contributed by atoms with van der Waals surface area (Å²) >= 11 is 1.79. The van der Waals surface area contributed by atoms with Gasteiger partial charge in [0.25, 0.3) is 0 Å². The van der Waals surface area contributed by atoms with Crippen molar-refractivity contribution in [2.45, 2.75) is 17.9 Å². The molecule has 0 radical (unpaired) electrons. The summed E-state index contributed by atoms with van der Waals surface area (Å²) < 4.78 is 0. The molecule has 0 spiro atoms. The molecule has 2 rings (SSSR count). The Kier molecular flexibility index (Phi) is 5.06. The van der Waals surface area contributed by atoms with Crippen LogP contribution in [0.5, 0.6) is 0 Å². The molecule has 1 atom stereocenters. The minimum Gasteiger partial charge on any atom is -0.304 e. The lowest BCUT2D eigenvalue weighted by Gasteiger charge is -2.34. The summed E-state index contributed by atoms with van der Waals surface area (Å²) in [6.45, 7) is 6.72. The van der Waals surface area contributed by atoms with Crippen LogP contribution in [-0.2, 0) is 0 Å². The van der Waals surface area contributed by atoms with Crippen molar-refractivity contribution in [3.63, 3.8) is 0 Å². The third-order valence-electron chi connectivity index (χ3n) is 3.50. The molecule has 0 aliphatic carbocycles. The molecule has 1 fully saturated rings. The lowest BCUT2D eigenvalue weighted by atomic mass is 10.1. The Bertz CT molecular complexity index is 358. The second-order valence-corrected chi connectivity index (χ2v) is 5.79.